The van der Waals surface area contributed by atoms with Crippen LogP contribution in [0.4, 0.5) is 11.4 Å². The van der Waals surface area contributed by atoms with Crippen molar-refractivity contribution < 1.29 is 19.4 Å². The van der Waals surface area contributed by atoms with Crippen LogP contribution in [0.3, 0.4) is 0 Å². The molecule has 7 heteroatoms. The average Bonchev–Trinajstić information content (AvgIpc) is 2.62. The Kier molecular flexibility index (Phi) is 5.39. The summed E-state index contributed by atoms with van der Waals surface area (Å²) in [5.74, 6) is 0.0243. The van der Waals surface area contributed by atoms with E-state index in [1.54, 1.807) is 0 Å². The molecule has 3 aromatic carbocycles. The van der Waals surface area contributed by atoms with Crippen LogP contribution in [-0.4, -0.2) is 12.2 Å². The molecule has 0 fully saturated rings. The molecule has 0 aromatic heterocycles. The fourth-order valence-electron chi connectivity index (χ4n) is 2.13. The van der Waals surface area contributed by atoms with Crippen LogP contribution >= 0.6 is 12.0 Å². The van der Waals surface area contributed by atoms with Gasteiger partial charge in [0.25, 0.3) is 0 Å². The number of hydrogen-bond acceptors (Lipinski definition) is 7. The smallest absolute Gasteiger partial charge is 0.152 e. The van der Waals surface area contributed by atoms with Crippen LogP contribution in [0.15, 0.2) is 75.8 Å². The molecule has 0 unspecified atom stereocenters. The number of rotatable bonds is 6. The van der Waals surface area contributed by atoms with E-state index in [0.29, 0.717) is 21.7 Å². The molecule has 3 aromatic rings. The molecule has 1 N–H and O–H groups in total. The molecule has 0 amide bonds. The molecule has 24 heavy (non-hydrogen) atoms. The summed E-state index contributed by atoms with van der Waals surface area (Å²) >= 11 is 0.875. The van der Waals surface area contributed by atoms with Crippen molar-refractivity contribution in [3.63, 3.8) is 0 Å². The predicted octanol–water partition coefficient (Wildman–Crippen LogP) is 5.48. The van der Waals surface area contributed by atoms with Crippen molar-refractivity contribution in [3.8, 4) is 5.75 Å². The lowest BCUT2D eigenvalue weighted by Crippen LogP contribution is -1.86. The largest absolute Gasteiger partial charge is 0.505 e. The second-order valence-corrected chi connectivity index (χ2v) is 5.46. The maximum atomic E-state index is 10.6. The Labute approximate surface area is 142 Å². The second-order valence-electron chi connectivity index (χ2n) is 4.71. The van der Waals surface area contributed by atoms with Crippen molar-refractivity contribution in [2.75, 3.05) is 7.11 Å². The molecular weight excluding hydrogens is 328 g/mol. The number of benzene rings is 3. The zero-order valence-electron chi connectivity index (χ0n) is 12.7. The van der Waals surface area contributed by atoms with Crippen LogP contribution in [0.5, 0.6) is 5.75 Å². The highest BCUT2D eigenvalue weighted by Gasteiger charge is 2.14. The van der Waals surface area contributed by atoms with Crippen molar-refractivity contribution in [3.05, 3.63) is 60.7 Å². The number of phenols is 1. The van der Waals surface area contributed by atoms with Gasteiger partial charge in [-0.3, -0.25) is 0 Å². The fourth-order valence-corrected chi connectivity index (χ4v) is 2.68. The van der Waals surface area contributed by atoms with Crippen LogP contribution in [0.25, 0.3) is 10.8 Å². The Hall–Kier alpha value is -2.45. The molecular formula is C17H14N2O4S. The van der Waals surface area contributed by atoms with Gasteiger partial charge in [0.1, 0.15) is 5.69 Å². The van der Waals surface area contributed by atoms with Gasteiger partial charge in [-0.25, -0.2) is 4.89 Å². The normalized spacial score (nSPS) is 11.4. The van der Waals surface area contributed by atoms with Gasteiger partial charge >= 0.3 is 0 Å². The second kappa shape index (κ2) is 7.89. The molecule has 0 radical (unpaired) electrons. The third-order valence-corrected chi connectivity index (χ3v) is 3.82. The van der Waals surface area contributed by atoms with Gasteiger partial charge < -0.3 is 5.11 Å². The monoisotopic (exact) mass is 342 g/mol. The maximum absolute atomic E-state index is 10.6. The third kappa shape index (κ3) is 3.72. The summed E-state index contributed by atoms with van der Waals surface area (Å²) in [6, 6.07) is 18.5. The van der Waals surface area contributed by atoms with Crippen molar-refractivity contribution in [1.82, 2.24) is 0 Å². The Bertz CT molecular complexity index is 856. The number of nitrogens with zero attached hydrogens (tertiary/aromatic N) is 2. The van der Waals surface area contributed by atoms with Crippen LogP contribution < -0.4 is 0 Å². The van der Waals surface area contributed by atoms with Gasteiger partial charge in [0, 0.05) is 5.39 Å². The minimum absolute atomic E-state index is 0.0243. The topological polar surface area (TPSA) is 72.6 Å². The zero-order valence-corrected chi connectivity index (χ0v) is 13.6. The summed E-state index contributed by atoms with van der Waals surface area (Å²) in [6.07, 6.45) is 0. The first kappa shape index (κ1) is 16.4. The summed E-state index contributed by atoms with van der Waals surface area (Å²) in [5, 5.41) is 24.8. The van der Waals surface area contributed by atoms with Crippen LogP contribution in [0, 0.1) is 0 Å². The van der Waals surface area contributed by atoms with Crippen molar-refractivity contribution >= 4 is 34.2 Å². The van der Waals surface area contributed by atoms with Gasteiger partial charge in [0.2, 0.25) is 0 Å². The van der Waals surface area contributed by atoms with Gasteiger partial charge in [0.15, 0.2) is 5.75 Å². The predicted molar refractivity (Wildman–Crippen MR) is 91.3 cm³/mol. The number of aromatic hydroxyl groups is 1. The van der Waals surface area contributed by atoms with E-state index in [-0.39, 0.29) is 5.75 Å². The molecule has 0 bridgehead atoms. The molecule has 0 saturated carbocycles. The van der Waals surface area contributed by atoms with E-state index in [9.17, 15) is 5.11 Å². The number of azo groups is 1. The molecule has 6 nitrogen and oxygen atoms in total. The SMILES string of the molecule is COOOSc1cc2ccccc2c(O)c1N=Nc1ccccc1. The zero-order chi connectivity index (χ0) is 16.8. The highest BCUT2D eigenvalue weighted by atomic mass is 32.2. The summed E-state index contributed by atoms with van der Waals surface area (Å²) in [6.45, 7) is 0. The molecule has 0 spiro atoms. The Morgan fingerprint density at radius 3 is 2.50 bits per heavy atom. The van der Waals surface area contributed by atoms with Crippen molar-refractivity contribution in [2.45, 2.75) is 4.90 Å². The molecule has 0 saturated heterocycles. The summed E-state index contributed by atoms with van der Waals surface area (Å²) < 4.78 is 4.85. The van der Waals surface area contributed by atoms with Gasteiger partial charge in [0.05, 0.1) is 29.7 Å². The van der Waals surface area contributed by atoms with Gasteiger partial charge in [-0.1, -0.05) is 47.5 Å². The van der Waals surface area contributed by atoms with E-state index in [4.69, 9.17) is 4.33 Å². The van der Waals surface area contributed by atoms with Gasteiger partial charge in [-0.15, -0.1) is 9.45 Å². The lowest BCUT2D eigenvalue weighted by atomic mass is 10.1. The first-order chi connectivity index (χ1) is 11.8. The highest BCUT2D eigenvalue weighted by molar-refractivity contribution is 7.94. The third-order valence-electron chi connectivity index (χ3n) is 3.20. The average molecular weight is 342 g/mol. The maximum Gasteiger partial charge on any atom is 0.152 e. The molecule has 0 heterocycles. The first-order valence-electron chi connectivity index (χ1n) is 7.05. The summed E-state index contributed by atoms with van der Waals surface area (Å²) in [4.78, 5) is 4.94. The summed E-state index contributed by atoms with van der Waals surface area (Å²) in [5.41, 5.74) is 0.970. The van der Waals surface area contributed by atoms with Gasteiger partial charge in [-0.2, -0.15) is 5.11 Å². The molecule has 0 aliphatic carbocycles. The molecule has 0 atom stereocenters. The lowest BCUT2D eigenvalue weighted by molar-refractivity contribution is -0.447. The van der Waals surface area contributed by atoms with Crippen molar-refractivity contribution in [2.24, 2.45) is 10.2 Å². The number of hydrogen-bond donors (Lipinski definition) is 1. The van der Waals surface area contributed by atoms with E-state index in [1.165, 1.54) is 7.11 Å². The van der Waals surface area contributed by atoms with Gasteiger partial charge in [-0.05, 0) is 23.6 Å². The van der Waals surface area contributed by atoms with Crippen LogP contribution in [-0.2, 0) is 14.3 Å². The number of fused-ring (bicyclic) bond motifs is 1. The quantitative estimate of drug-likeness (QED) is 0.211. The molecule has 0 aliphatic heterocycles. The van der Waals surface area contributed by atoms with E-state index >= 15 is 0 Å². The van der Waals surface area contributed by atoms with E-state index in [1.807, 2.05) is 60.7 Å². The summed E-state index contributed by atoms with van der Waals surface area (Å²) in [7, 11) is 1.33. The van der Waals surface area contributed by atoms with E-state index in [2.05, 4.69) is 20.2 Å². The molecule has 3 rings (SSSR count). The Morgan fingerprint density at radius 1 is 0.958 bits per heavy atom. The van der Waals surface area contributed by atoms with Crippen LogP contribution in [0.1, 0.15) is 0 Å². The lowest BCUT2D eigenvalue weighted by Gasteiger charge is -2.09. The minimum Gasteiger partial charge on any atom is -0.505 e. The standard InChI is InChI=1S/C17H14N2O4S/c1-21-22-23-24-15-11-12-7-5-6-10-14(12)17(20)16(15)19-18-13-8-3-2-4-9-13/h2-11,20H,1H3. The van der Waals surface area contributed by atoms with E-state index < -0.39 is 0 Å². The number of phenolic OH excluding ortho intramolecular Hbond substituents is 1. The molecule has 122 valence electrons. The van der Waals surface area contributed by atoms with Crippen molar-refractivity contribution in [1.29, 1.82) is 0 Å². The fraction of sp³-hybridized carbons (Fsp3) is 0.0588. The first-order valence-corrected chi connectivity index (χ1v) is 7.79. The molecule has 0 aliphatic rings. The highest BCUT2D eigenvalue weighted by Crippen LogP contribution is 2.43. The Morgan fingerprint density at radius 2 is 1.71 bits per heavy atom. The Balaban J connectivity index is 2.03. The van der Waals surface area contributed by atoms with E-state index in [0.717, 1.165) is 17.4 Å². The minimum atomic E-state index is 0.0243. The van der Waals surface area contributed by atoms with Crippen LogP contribution in [0.2, 0.25) is 0 Å².